The highest BCUT2D eigenvalue weighted by molar-refractivity contribution is 5.84. The summed E-state index contributed by atoms with van der Waals surface area (Å²) in [7, 11) is 0. The molecule has 0 fully saturated rings. The van der Waals surface area contributed by atoms with E-state index in [1.54, 1.807) is 13.8 Å². The molecule has 0 bridgehead atoms. The van der Waals surface area contributed by atoms with E-state index in [1.165, 1.54) is 18.2 Å². The molecular formula is C24H20F4O2. The van der Waals surface area contributed by atoms with E-state index in [0.717, 1.165) is 36.4 Å². The molecule has 0 aliphatic rings. The average molecular weight is 416 g/mol. The van der Waals surface area contributed by atoms with E-state index >= 15 is 0 Å². The van der Waals surface area contributed by atoms with Crippen molar-refractivity contribution in [3.63, 3.8) is 0 Å². The third-order valence-corrected chi connectivity index (χ3v) is 4.63. The Morgan fingerprint density at radius 2 is 1.23 bits per heavy atom. The molecule has 0 spiro atoms. The molecular weight excluding hydrogens is 396 g/mol. The van der Waals surface area contributed by atoms with Crippen molar-refractivity contribution < 1.29 is 27.8 Å². The summed E-state index contributed by atoms with van der Waals surface area (Å²) in [6.07, 6.45) is 1.44. The summed E-state index contributed by atoms with van der Waals surface area (Å²) in [5.41, 5.74) is 1.56. The minimum absolute atomic E-state index is 0.00722. The smallest absolute Gasteiger partial charge is 0.126 e. The molecule has 6 heteroatoms. The Morgan fingerprint density at radius 3 is 1.70 bits per heavy atom. The highest BCUT2D eigenvalue weighted by Gasteiger charge is 2.16. The van der Waals surface area contributed by atoms with Crippen LogP contribution in [-0.4, -0.2) is 10.2 Å². The van der Waals surface area contributed by atoms with Crippen LogP contribution < -0.4 is 0 Å². The van der Waals surface area contributed by atoms with Gasteiger partial charge in [-0.2, -0.15) is 0 Å². The topological polar surface area (TPSA) is 40.5 Å². The minimum Gasteiger partial charge on any atom is -0.507 e. The second-order valence-electron chi connectivity index (χ2n) is 7.41. The van der Waals surface area contributed by atoms with Crippen molar-refractivity contribution in [2.75, 3.05) is 0 Å². The van der Waals surface area contributed by atoms with Gasteiger partial charge >= 0.3 is 0 Å². The van der Waals surface area contributed by atoms with E-state index < -0.39 is 23.3 Å². The Hall–Kier alpha value is -3.28. The Bertz CT molecular complexity index is 1060. The van der Waals surface area contributed by atoms with Gasteiger partial charge in [-0.1, -0.05) is 19.9 Å². The largest absolute Gasteiger partial charge is 0.507 e. The van der Waals surface area contributed by atoms with E-state index in [1.807, 2.05) is 0 Å². The van der Waals surface area contributed by atoms with Crippen LogP contribution in [-0.2, 0) is 6.42 Å². The van der Waals surface area contributed by atoms with Gasteiger partial charge in [-0.25, -0.2) is 17.6 Å². The molecule has 0 saturated carbocycles. The first-order valence-corrected chi connectivity index (χ1v) is 9.30. The van der Waals surface area contributed by atoms with E-state index in [4.69, 9.17) is 0 Å². The molecule has 156 valence electrons. The fourth-order valence-electron chi connectivity index (χ4n) is 3.43. The van der Waals surface area contributed by atoms with Gasteiger partial charge in [0.05, 0.1) is 0 Å². The predicted molar refractivity (Wildman–Crippen MR) is 108 cm³/mol. The number of halogens is 4. The van der Waals surface area contributed by atoms with Gasteiger partial charge in [0.2, 0.25) is 0 Å². The van der Waals surface area contributed by atoms with Crippen LogP contribution in [0, 0.1) is 23.3 Å². The normalized spacial score (nSPS) is 11.9. The first-order valence-electron chi connectivity index (χ1n) is 9.30. The summed E-state index contributed by atoms with van der Waals surface area (Å²) in [5, 5.41) is 20.7. The van der Waals surface area contributed by atoms with Gasteiger partial charge in [-0.05, 0) is 71.0 Å². The molecule has 0 unspecified atom stereocenters. The van der Waals surface area contributed by atoms with Gasteiger partial charge in [0.15, 0.2) is 0 Å². The maximum absolute atomic E-state index is 13.6. The van der Waals surface area contributed by atoms with E-state index in [-0.39, 0.29) is 35.0 Å². The standard InChI is InChI=1S/C24H20F4O2/c1-13(2)24-22(29)9-17(10-23(24)30)16(3-14-5-18(25)11-19(26)6-14)4-15-7-20(27)12-21(28)8-15/h3,5-13,29-30H,4H2,1-2H3. The molecule has 0 heterocycles. The van der Waals surface area contributed by atoms with Gasteiger partial charge in [0, 0.05) is 17.7 Å². The first-order chi connectivity index (χ1) is 14.1. The Morgan fingerprint density at radius 1 is 0.767 bits per heavy atom. The SMILES string of the molecule is CC(C)c1c(O)cc(C(=Cc2cc(F)cc(F)c2)Cc2cc(F)cc(F)c2)cc1O. The number of hydrogen-bond acceptors (Lipinski definition) is 2. The van der Waals surface area contributed by atoms with Crippen molar-refractivity contribution in [2.24, 2.45) is 0 Å². The Kier molecular flexibility index (Phi) is 6.15. The molecule has 2 nitrogen and oxygen atoms in total. The lowest BCUT2D eigenvalue weighted by Gasteiger charge is -2.15. The van der Waals surface area contributed by atoms with Crippen LogP contribution in [0.3, 0.4) is 0 Å². The number of aromatic hydroxyl groups is 2. The van der Waals surface area contributed by atoms with Gasteiger partial charge < -0.3 is 10.2 Å². The average Bonchev–Trinajstić information content (AvgIpc) is 2.58. The fraction of sp³-hybridized carbons (Fsp3) is 0.167. The molecule has 0 aromatic heterocycles. The summed E-state index contributed by atoms with van der Waals surface area (Å²) in [6.45, 7) is 3.60. The second-order valence-corrected chi connectivity index (χ2v) is 7.41. The molecule has 3 aromatic carbocycles. The predicted octanol–water partition coefficient (Wildman–Crippen LogP) is 6.56. The van der Waals surface area contributed by atoms with E-state index in [0.29, 0.717) is 16.7 Å². The van der Waals surface area contributed by atoms with Crippen molar-refractivity contribution in [1.29, 1.82) is 0 Å². The quantitative estimate of drug-likeness (QED) is 0.365. The number of phenolic OH excluding ortho intramolecular Hbond substituents is 2. The monoisotopic (exact) mass is 416 g/mol. The summed E-state index contributed by atoms with van der Waals surface area (Å²) >= 11 is 0. The van der Waals surface area contributed by atoms with Crippen molar-refractivity contribution >= 4 is 11.6 Å². The van der Waals surface area contributed by atoms with Crippen LogP contribution in [0.15, 0.2) is 48.5 Å². The Labute approximate surface area is 171 Å². The number of benzene rings is 3. The van der Waals surface area contributed by atoms with Gasteiger partial charge in [0.1, 0.15) is 34.8 Å². The van der Waals surface area contributed by atoms with Crippen LogP contribution in [0.1, 0.15) is 42.0 Å². The minimum atomic E-state index is -0.779. The van der Waals surface area contributed by atoms with Crippen LogP contribution >= 0.6 is 0 Å². The van der Waals surface area contributed by atoms with Crippen molar-refractivity contribution in [3.05, 3.63) is 94.1 Å². The molecule has 0 aliphatic heterocycles. The van der Waals surface area contributed by atoms with Crippen LogP contribution in [0.5, 0.6) is 11.5 Å². The molecule has 2 N–H and O–H groups in total. The van der Waals surface area contributed by atoms with Crippen molar-refractivity contribution in [2.45, 2.75) is 26.2 Å². The van der Waals surface area contributed by atoms with Crippen LogP contribution in [0.4, 0.5) is 17.6 Å². The molecule has 0 atom stereocenters. The first kappa shape index (κ1) is 21.4. The van der Waals surface area contributed by atoms with Crippen LogP contribution in [0.25, 0.3) is 11.6 Å². The van der Waals surface area contributed by atoms with Crippen LogP contribution in [0.2, 0.25) is 0 Å². The maximum atomic E-state index is 13.6. The van der Waals surface area contributed by atoms with Gasteiger partial charge in [0.25, 0.3) is 0 Å². The summed E-state index contributed by atoms with van der Waals surface area (Å²) in [4.78, 5) is 0. The van der Waals surface area contributed by atoms with Crippen molar-refractivity contribution in [3.8, 4) is 11.5 Å². The maximum Gasteiger partial charge on any atom is 0.126 e. The lowest BCUT2D eigenvalue weighted by molar-refractivity contribution is 0.433. The molecule has 3 aromatic rings. The van der Waals surface area contributed by atoms with E-state index in [9.17, 15) is 27.8 Å². The molecule has 0 aliphatic carbocycles. The summed E-state index contributed by atoms with van der Waals surface area (Å²) < 4.78 is 54.6. The lowest BCUT2D eigenvalue weighted by Crippen LogP contribution is -1.97. The third kappa shape index (κ3) is 5.00. The zero-order valence-corrected chi connectivity index (χ0v) is 16.4. The number of phenols is 2. The highest BCUT2D eigenvalue weighted by atomic mass is 19.1. The Balaban J connectivity index is 2.15. The van der Waals surface area contributed by atoms with Crippen molar-refractivity contribution in [1.82, 2.24) is 0 Å². The lowest BCUT2D eigenvalue weighted by atomic mass is 9.92. The molecule has 0 radical (unpaired) electrons. The number of hydrogen-bond donors (Lipinski definition) is 2. The molecule has 3 rings (SSSR count). The molecule has 30 heavy (non-hydrogen) atoms. The molecule has 0 saturated heterocycles. The zero-order valence-electron chi connectivity index (χ0n) is 16.4. The molecule has 0 amide bonds. The summed E-state index contributed by atoms with van der Waals surface area (Å²) in [6, 6.07) is 8.79. The fourth-order valence-corrected chi connectivity index (χ4v) is 3.43. The highest BCUT2D eigenvalue weighted by Crippen LogP contribution is 2.38. The zero-order chi connectivity index (χ0) is 22.0. The second kappa shape index (κ2) is 8.61. The third-order valence-electron chi connectivity index (χ3n) is 4.63. The summed E-state index contributed by atoms with van der Waals surface area (Å²) in [5.74, 6) is -3.54. The van der Waals surface area contributed by atoms with E-state index in [2.05, 4.69) is 0 Å². The van der Waals surface area contributed by atoms with Gasteiger partial charge in [-0.15, -0.1) is 0 Å². The van der Waals surface area contributed by atoms with Gasteiger partial charge in [-0.3, -0.25) is 0 Å². The number of allylic oxidation sites excluding steroid dienone is 1. The number of rotatable bonds is 5.